The smallest absolute Gasteiger partial charge is 0.0501 e. The van der Waals surface area contributed by atoms with Gasteiger partial charge in [-0.05, 0) is 20.3 Å². The molecule has 0 aliphatic heterocycles. The van der Waals surface area contributed by atoms with Crippen LogP contribution >= 0.6 is 0 Å². The Morgan fingerprint density at radius 1 is 1.67 bits per heavy atom. The fraction of sp³-hybridized carbons (Fsp3) is 0.714. The lowest BCUT2D eigenvalue weighted by atomic mass is 10.3. The zero-order valence-electron chi connectivity index (χ0n) is 6.18. The molecular formula is C7H15NO. The first-order chi connectivity index (χ1) is 4.27. The molecule has 0 aromatic rings. The van der Waals surface area contributed by atoms with Crippen LogP contribution < -0.4 is 5.73 Å². The highest BCUT2D eigenvalue weighted by atomic mass is 16.5. The molecule has 0 saturated carbocycles. The molecule has 0 rings (SSSR count). The third kappa shape index (κ3) is 7.50. The Labute approximate surface area is 56.7 Å². The van der Waals surface area contributed by atoms with Crippen LogP contribution in [0.5, 0.6) is 0 Å². The highest BCUT2D eigenvalue weighted by Crippen LogP contribution is 1.87. The van der Waals surface area contributed by atoms with Crippen LogP contribution in [0, 0.1) is 0 Å². The molecule has 0 unspecified atom stereocenters. The molecular weight excluding hydrogens is 114 g/mol. The highest BCUT2D eigenvalue weighted by Gasteiger charge is 1.80. The number of hydrogen-bond donors (Lipinski definition) is 1. The predicted octanol–water partition coefficient (Wildman–Crippen LogP) is 1.28. The summed E-state index contributed by atoms with van der Waals surface area (Å²) in [5.74, 6) is 0. The first kappa shape index (κ1) is 8.50. The van der Waals surface area contributed by atoms with Crippen molar-refractivity contribution in [1.82, 2.24) is 0 Å². The SMILES string of the molecule is CCOCC/C=C(\C)N. The Balaban J connectivity index is 3.00. The zero-order valence-corrected chi connectivity index (χ0v) is 6.18. The quantitative estimate of drug-likeness (QED) is 0.580. The molecule has 0 aromatic heterocycles. The van der Waals surface area contributed by atoms with Gasteiger partial charge in [-0.15, -0.1) is 0 Å². The molecule has 0 aliphatic carbocycles. The summed E-state index contributed by atoms with van der Waals surface area (Å²) in [6.07, 6.45) is 2.89. The maximum atomic E-state index is 5.38. The maximum absolute atomic E-state index is 5.38. The van der Waals surface area contributed by atoms with E-state index in [-0.39, 0.29) is 0 Å². The van der Waals surface area contributed by atoms with Crippen LogP contribution in [0.15, 0.2) is 11.8 Å². The van der Waals surface area contributed by atoms with E-state index >= 15 is 0 Å². The second-order valence-electron chi connectivity index (χ2n) is 1.93. The van der Waals surface area contributed by atoms with Gasteiger partial charge in [0.25, 0.3) is 0 Å². The molecule has 2 heteroatoms. The van der Waals surface area contributed by atoms with E-state index in [0.29, 0.717) is 0 Å². The van der Waals surface area contributed by atoms with Gasteiger partial charge in [-0.25, -0.2) is 0 Å². The van der Waals surface area contributed by atoms with Crippen molar-refractivity contribution in [2.24, 2.45) is 5.73 Å². The van der Waals surface area contributed by atoms with Gasteiger partial charge in [0.2, 0.25) is 0 Å². The maximum Gasteiger partial charge on any atom is 0.0501 e. The molecule has 54 valence electrons. The number of hydrogen-bond acceptors (Lipinski definition) is 2. The summed E-state index contributed by atoms with van der Waals surface area (Å²) in [7, 11) is 0. The average Bonchev–Trinajstić information content (AvgIpc) is 1.80. The molecule has 0 atom stereocenters. The van der Waals surface area contributed by atoms with Gasteiger partial charge in [0.05, 0.1) is 6.61 Å². The fourth-order valence-corrected chi connectivity index (χ4v) is 0.514. The van der Waals surface area contributed by atoms with Crippen molar-refractivity contribution in [3.63, 3.8) is 0 Å². The molecule has 0 radical (unpaired) electrons. The lowest BCUT2D eigenvalue weighted by Crippen LogP contribution is -1.94. The summed E-state index contributed by atoms with van der Waals surface area (Å²) in [6, 6.07) is 0. The van der Waals surface area contributed by atoms with Gasteiger partial charge < -0.3 is 10.5 Å². The summed E-state index contributed by atoms with van der Waals surface area (Å²) in [6.45, 7) is 5.44. The number of nitrogens with two attached hydrogens (primary N) is 1. The third-order valence-corrected chi connectivity index (χ3v) is 0.933. The van der Waals surface area contributed by atoms with Crippen LogP contribution in [0.3, 0.4) is 0 Å². The molecule has 2 nitrogen and oxygen atoms in total. The van der Waals surface area contributed by atoms with E-state index in [1.54, 1.807) is 0 Å². The van der Waals surface area contributed by atoms with Crippen molar-refractivity contribution in [2.75, 3.05) is 13.2 Å². The van der Waals surface area contributed by atoms with E-state index in [4.69, 9.17) is 10.5 Å². The lowest BCUT2D eigenvalue weighted by molar-refractivity contribution is 0.152. The Morgan fingerprint density at radius 2 is 2.33 bits per heavy atom. The van der Waals surface area contributed by atoms with Crippen LogP contribution in [-0.4, -0.2) is 13.2 Å². The summed E-state index contributed by atoms with van der Waals surface area (Å²) >= 11 is 0. The number of allylic oxidation sites excluding steroid dienone is 1. The highest BCUT2D eigenvalue weighted by molar-refractivity contribution is 4.90. The van der Waals surface area contributed by atoms with Gasteiger partial charge in [0, 0.05) is 12.3 Å². The molecule has 0 aromatic carbocycles. The van der Waals surface area contributed by atoms with E-state index in [0.717, 1.165) is 25.3 Å². The van der Waals surface area contributed by atoms with Crippen LogP contribution in [0.25, 0.3) is 0 Å². The van der Waals surface area contributed by atoms with Crippen LogP contribution in [0.2, 0.25) is 0 Å². The van der Waals surface area contributed by atoms with Gasteiger partial charge in [0.15, 0.2) is 0 Å². The second kappa shape index (κ2) is 5.63. The largest absolute Gasteiger partial charge is 0.403 e. The summed E-state index contributed by atoms with van der Waals surface area (Å²) in [5, 5.41) is 0. The van der Waals surface area contributed by atoms with Gasteiger partial charge in [-0.1, -0.05) is 6.08 Å². The Kier molecular flexibility index (Phi) is 5.32. The second-order valence-corrected chi connectivity index (χ2v) is 1.93. The van der Waals surface area contributed by atoms with Gasteiger partial charge in [-0.3, -0.25) is 0 Å². The summed E-state index contributed by atoms with van der Waals surface area (Å²) in [5.41, 5.74) is 6.25. The molecule has 0 fully saturated rings. The number of ether oxygens (including phenoxy) is 1. The standard InChI is InChI=1S/C7H15NO/c1-3-9-6-4-5-7(2)8/h5H,3-4,6,8H2,1-2H3/b7-5+. The molecule has 0 saturated heterocycles. The first-order valence-corrected chi connectivity index (χ1v) is 3.27. The molecule has 0 aliphatic rings. The van der Waals surface area contributed by atoms with Crippen molar-refractivity contribution in [2.45, 2.75) is 20.3 Å². The zero-order chi connectivity index (χ0) is 7.11. The van der Waals surface area contributed by atoms with E-state index in [2.05, 4.69) is 0 Å². The predicted molar refractivity (Wildman–Crippen MR) is 39.1 cm³/mol. The van der Waals surface area contributed by atoms with Crippen molar-refractivity contribution in [3.05, 3.63) is 11.8 Å². The van der Waals surface area contributed by atoms with E-state index in [9.17, 15) is 0 Å². The molecule has 0 bridgehead atoms. The lowest BCUT2D eigenvalue weighted by Gasteiger charge is -1.95. The minimum absolute atomic E-state index is 0.783. The van der Waals surface area contributed by atoms with Crippen molar-refractivity contribution >= 4 is 0 Å². The average molecular weight is 129 g/mol. The van der Waals surface area contributed by atoms with Gasteiger partial charge >= 0.3 is 0 Å². The topological polar surface area (TPSA) is 35.2 Å². The molecule has 0 spiro atoms. The monoisotopic (exact) mass is 129 g/mol. The number of rotatable bonds is 4. The van der Waals surface area contributed by atoms with E-state index in [1.807, 2.05) is 19.9 Å². The third-order valence-electron chi connectivity index (χ3n) is 0.933. The van der Waals surface area contributed by atoms with Gasteiger partial charge in [0.1, 0.15) is 0 Å². The van der Waals surface area contributed by atoms with Crippen molar-refractivity contribution < 1.29 is 4.74 Å². The van der Waals surface area contributed by atoms with Crippen LogP contribution in [-0.2, 0) is 4.74 Å². The minimum atomic E-state index is 0.783. The molecule has 9 heavy (non-hydrogen) atoms. The van der Waals surface area contributed by atoms with E-state index < -0.39 is 0 Å². The summed E-state index contributed by atoms with van der Waals surface area (Å²) < 4.78 is 5.08. The Bertz CT molecular complexity index is 84.9. The molecule has 2 N–H and O–H groups in total. The molecule has 0 heterocycles. The van der Waals surface area contributed by atoms with Crippen molar-refractivity contribution in [1.29, 1.82) is 0 Å². The molecule has 0 amide bonds. The Hall–Kier alpha value is -0.500. The van der Waals surface area contributed by atoms with Crippen LogP contribution in [0.1, 0.15) is 20.3 Å². The van der Waals surface area contributed by atoms with E-state index in [1.165, 1.54) is 0 Å². The van der Waals surface area contributed by atoms with Crippen molar-refractivity contribution in [3.8, 4) is 0 Å². The Morgan fingerprint density at radius 3 is 2.78 bits per heavy atom. The normalized spacial score (nSPS) is 12.0. The van der Waals surface area contributed by atoms with Crippen LogP contribution in [0.4, 0.5) is 0 Å². The van der Waals surface area contributed by atoms with Gasteiger partial charge in [-0.2, -0.15) is 0 Å². The summed E-state index contributed by atoms with van der Waals surface area (Å²) in [4.78, 5) is 0. The first-order valence-electron chi connectivity index (χ1n) is 3.27. The minimum Gasteiger partial charge on any atom is -0.403 e. The fourth-order valence-electron chi connectivity index (χ4n) is 0.514.